The standard InChI is InChI=1S/C21H26N6O2S/c1-27(2)13-16-4-5-22-18(10-16)14-30-8-7-24-21-25-12-17(20(29)26-21)9-15-3-6-23-19(28)11-15/h3-6,10-12H,7-9,13-14H2,1-2H3,(H,23,28)(H2,24,25,26,29). The van der Waals surface area contributed by atoms with E-state index in [1.54, 1.807) is 24.0 Å². The van der Waals surface area contributed by atoms with E-state index in [0.717, 1.165) is 29.3 Å². The summed E-state index contributed by atoms with van der Waals surface area (Å²) in [6.07, 6.45) is 5.31. The van der Waals surface area contributed by atoms with Crippen LogP contribution in [0.15, 0.2) is 47.7 Å². The van der Waals surface area contributed by atoms with Crippen LogP contribution in [0.2, 0.25) is 0 Å². The Labute approximate surface area is 179 Å². The largest absolute Gasteiger partial charge is 0.493 e. The molecule has 0 aliphatic rings. The van der Waals surface area contributed by atoms with E-state index in [1.165, 1.54) is 17.8 Å². The van der Waals surface area contributed by atoms with Gasteiger partial charge in [-0.1, -0.05) is 0 Å². The van der Waals surface area contributed by atoms with Crippen LogP contribution in [0.1, 0.15) is 22.4 Å². The molecule has 3 N–H and O–H groups in total. The van der Waals surface area contributed by atoms with Crippen LogP contribution in [-0.2, 0) is 18.7 Å². The highest BCUT2D eigenvalue weighted by Crippen LogP contribution is 2.13. The third-order valence-corrected chi connectivity index (χ3v) is 5.24. The number of hydrogen-bond donors (Lipinski definition) is 3. The first kappa shape index (κ1) is 21.8. The smallest absolute Gasteiger partial charge is 0.255 e. The predicted octanol–water partition coefficient (Wildman–Crippen LogP) is 2.26. The van der Waals surface area contributed by atoms with Crippen molar-refractivity contribution >= 4 is 17.7 Å². The van der Waals surface area contributed by atoms with Gasteiger partial charge in [0.1, 0.15) is 0 Å². The molecule has 30 heavy (non-hydrogen) atoms. The van der Waals surface area contributed by atoms with Crippen molar-refractivity contribution in [3.8, 4) is 5.88 Å². The molecule has 0 amide bonds. The van der Waals surface area contributed by atoms with Crippen LogP contribution in [0.25, 0.3) is 0 Å². The summed E-state index contributed by atoms with van der Waals surface area (Å²) in [5.74, 6) is 2.09. The number of pyridine rings is 2. The Morgan fingerprint density at radius 2 is 1.93 bits per heavy atom. The highest BCUT2D eigenvalue weighted by molar-refractivity contribution is 7.98. The van der Waals surface area contributed by atoms with Gasteiger partial charge in [0.25, 0.3) is 5.56 Å². The van der Waals surface area contributed by atoms with Gasteiger partial charge in [-0.25, -0.2) is 9.97 Å². The summed E-state index contributed by atoms with van der Waals surface area (Å²) in [6.45, 7) is 1.58. The Morgan fingerprint density at radius 3 is 2.70 bits per heavy atom. The van der Waals surface area contributed by atoms with Gasteiger partial charge in [-0.05, 0) is 43.4 Å². The van der Waals surface area contributed by atoms with Crippen molar-refractivity contribution in [2.45, 2.75) is 18.7 Å². The van der Waals surface area contributed by atoms with E-state index in [-0.39, 0.29) is 11.4 Å². The van der Waals surface area contributed by atoms with Crippen LogP contribution >= 0.6 is 11.8 Å². The molecule has 0 aliphatic carbocycles. The molecule has 3 rings (SSSR count). The summed E-state index contributed by atoms with van der Waals surface area (Å²) in [7, 11) is 4.10. The van der Waals surface area contributed by atoms with E-state index in [2.05, 4.69) is 50.3 Å². The van der Waals surface area contributed by atoms with Crippen molar-refractivity contribution in [1.82, 2.24) is 24.8 Å². The number of aromatic amines is 1. The molecule has 3 heterocycles. The van der Waals surface area contributed by atoms with Gasteiger partial charge in [-0.3, -0.25) is 14.8 Å². The van der Waals surface area contributed by atoms with Gasteiger partial charge >= 0.3 is 0 Å². The van der Waals surface area contributed by atoms with Gasteiger partial charge < -0.3 is 15.3 Å². The number of hydrogen-bond acceptors (Lipinski definition) is 8. The summed E-state index contributed by atoms with van der Waals surface area (Å²) >= 11 is 1.78. The van der Waals surface area contributed by atoms with Crippen molar-refractivity contribution in [2.24, 2.45) is 0 Å². The van der Waals surface area contributed by atoms with Crippen molar-refractivity contribution in [1.29, 1.82) is 0 Å². The molecular formula is C21H26N6O2S. The van der Waals surface area contributed by atoms with E-state index < -0.39 is 0 Å². The number of H-pyrrole nitrogens is 1. The Hall–Kier alpha value is -2.91. The highest BCUT2D eigenvalue weighted by atomic mass is 32.2. The summed E-state index contributed by atoms with van der Waals surface area (Å²) < 4.78 is 0. The molecule has 3 aromatic rings. The third-order valence-electron chi connectivity index (χ3n) is 4.25. The summed E-state index contributed by atoms with van der Waals surface area (Å²) in [4.78, 5) is 29.6. The maximum absolute atomic E-state index is 12.3. The Morgan fingerprint density at radius 1 is 1.13 bits per heavy atom. The number of nitrogens with one attached hydrogen (secondary N) is 2. The van der Waals surface area contributed by atoms with E-state index in [1.807, 2.05) is 12.3 Å². The first-order chi connectivity index (χ1) is 14.5. The van der Waals surface area contributed by atoms with Gasteiger partial charge in [0.15, 0.2) is 0 Å². The minimum Gasteiger partial charge on any atom is -0.493 e. The summed E-state index contributed by atoms with van der Waals surface area (Å²) in [5.41, 5.74) is 3.46. The van der Waals surface area contributed by atoms with Crippen LogP contribution in [0.5, 0.6) is 5.88 Å². The number of thioether (sulfide) groups is 1. The molecule has 0 saturated carbocycles. The van der Waals surface area contributed by atoms with Crippen LogP contribution in [0.3, 0.4) is 0 Å². The van der Waals surface area contributed by atoms with Crippen molar-refractivity contribution < 1.29 is 5.11 Å². The third kappa shape index (κ3) is 6.85. The second-order valence-electron chi connectivity index (χ2n) is 7.16. The average Bonchev–Trinajstić information content (AvgIpc) is 2.69. The SMILES string of the molecule is CN(C)Cc1ccnc(CSCCNc2ncc(Cc3ccnc(O)c3)c(=O)[nH]2)c1. The van der Waals surface area contributed by atoms with Gasteiger partial charge in [-0.15, -0.1) is 0 Å². The van der Waals surface area contributed by atoms with Crippen LogP contribution in [0, 0.1) is 0 Å². The zero-order valence-electron chi connectivity index (χ0n) is 17.1. The second-order valence-corrected chi connectivity index (χ2v) is 8.26. The lowest BCUT2D eigenvalue weighted by Gasteiger charge is -2.10. The topological polar surface area (TPSA) is 107 Å². The molecule has 0 saturated heterocycles. The van der Waals surface area contributed by atoms with E-state index >= 15 is 0 Å². The van der Waals surface area contributed by atoms with Crippen LogP contribution < -0.4 is 10.9 Å². The molecule has 0 radical (unpaired) electrons. The lowest BCUT2D eigenvalue weighted by Crippen LogP contribution is -2.18. The fraction of sp³-hybridized carbons (Fsp3) is 0.333. The highest BCUT2D eigenvalue weighted by Gasteiger charge is 2.05. The molecule has 0 fully saturated rings. The minimum absolute atomic E-state index is 0.0627. The molecule has 158 valence electrons. The van der Waals surface area contributed by atoms with Gasteiger partial charge in [-0.2, -0.15) is 11.8 Å². The van der Waals surface area contributed by atoms with Crippen molar-refractivity contribution in [2.75, 3.05) is 31.7 Å². The molecule has 0 aliphatic heterocycles. The summed E-state index contributed by atoms with van der Waals surface area (Å²) in [5, 5.41) is 12.6. The predicted molar refractivity (Wildman–Crippen MR) is 120 cm³/mol. The first-order valence-corrected chi connectivity index (χ1v) is 10.8. The molecule has 8 nitrogen and oxygen atoms in total. The number of rotatable bonds is 10. The number of nitrogens with zero attached hydrogens (tertiary/aromatic N) is 4. The molecule has 0 atom stereocenters. The lowest BCUT2D eigenvalue weighted by atomic mass is 10.1. The quantitative estimate of drug-likeness (QED) is 0.424. The monoisotopic (exact) mass is 426 g/mol. The Balaban J connectivity index is 1.44. The molecular weight excluding hydrogens is 400 g/mol. The fourth-order valence-corrected chi connectivity index (χ4v) is 3.67. The molecule has 0 bridgehead atoms. The van der Waals surface area contributed by atoms with Gasteiger partial charge in [0, 0.05) is 61.2 Å². The maximum Gasteiger partial charge on any atom is 0.255 e. The second kappa shape index (κ2) is 10.7. The van der Waals surface area contributed by atoms with Gasteiger partial charge in [0.05, 0.1) is 5.69 Å². The van der Waals surface area contributed by atoms with Crippen LogP contribution in [0.4, 0.5) is 5.95 Å². The first-order valence-electron chi connectivity index (χ1n) is 9.62. The minimum atomic E-state index is -0.196. The Bertz CT molecular complexity index is 1020. The maximum atomic E-state index is 12.3. The van der Waals surface area contributed by atoms with Gasteiger partial charge in [0.2, 0.25) is 11.8 Å². The van der Waals surface area contributed by atoms with Crippen LogP contribution in [-0.4, -0.2) is 56.3 Å². The molecule has 0 aromatic carbocycles. The van der Waals surface area contributed by atoms with E-state index in [4.69, 9.17) is 0 Å². The summed E-state index contributed by atoms with van der Waals surface area (Å²) in [6, 6.07) is 7.47. The average molecular weight is 427 g/mol. The number of aromatic nitrogens is 4. The molecule has 0 spiro atoms. The number of aromatic hydroxyl groups is 1. The fourth-order valence-electron chi connectivity index (χ4n) is 2.92. The van der Waals surface area contributed by atoms with E-state index in [0.29, 0.717) is 24.5 Å². The van der Waals surface area contributed by atoms with E-state index in [9.17, 15) is 9.90 Å². The van der Waals surface area contributed by atoms with Crippen molar-refractivity contribution in [3.63, 3.8) is 0 Å². The van der Waals surface area contributed by atoms with Crippen molar-refractivity contribution in [3.05, 3.63) is 75.6 Å². The molecule has 3 aromatic heterocycles. The normalized spacial score (nSPS) is 11.0. The lowest BCUT2D eigenvalue weighted by molar-refractivity contribution is 0.402. The zero-order chi connectivity index (χ0) is 21.3. The molecule has 0 unspecified atom stereocenters. The number of anilines is 1. The molecule has 9 heteroatoms. The zero-order valence-corrected chi connectivity index (χ0v) is 17.9. The Kier molecular flexibility index (Phi) is 7.81.